The van der Waals surface area contributed by atoms with E-state index in [9.17, 15) is 64.8 Å². The first-order valence-electron chi connectivity index (χ1n) is 15.8. The average Bonchev–Trinajstić information content (AvgIpc) is 3.12. The van der Waals surface area contributed by atoms with E-state index in [-0.39, 0.29) is 53.0 Å². The molecule has 0 saturated carbocycles. The first kappa shape index (κ1) is 41.9. The van der Waals surface area contributed by atoms with Gasteiger partial charge in [0.05, 0.1) is 0 Å². The number of benzene rings is 6. The minimum absolute atomic E-state index is 0.0146. The molecule has 0 unspecified atom stereocenters. The van der Waals surface area contributed by atoms with Gasteiger partial charge in [0, 0.05) is 0 Å². The molecule has 0 fully saturated rings. The fourth-order valence-corrected chi connectivity index (χ4v) is 8.95. The molecule has 25 heteroatoms. The first-order valence-corrected chi connectivity index (χ1v) is 25.4. The molecular formula is C33H26As2N6O15S2. The molecule has 6 aromatic rings. The van der Waals surface area contributed by atoms with Crippen LogP contribution in [0.4, 0.5) is 38.9 Å². The van der Waals surface area contributed by atoms with Gasteiger partial charge in [-0.15, -0.1) is 0 Å². The van der Waals surface area contributed by atoms with E-state index in [0.717, 1.165) is 36.4 Å². The van der Waals surface area contributed by atoms with Crippen molar-refractivity contribution < 1.29 is 64.8 Å². The second kappa shape index (κ2) is 15.6. The molecule has 0 aliphatic heterocycles. The molecule has 0 heterocycles. The first-order chi connectivity index (χ1) is 27.0. The summed E-state index contributed by atoms with van der Waals surface area (Å²) in [6.45, 7) is 0. The van der Waals surface area contributed by atoms with Crippen LogP contribution in [0.25, 0.3) is 21.5 Å². The van der Waals surface area contributed by atoms with Crippen LogP contribution in [0.2, 0.25) is 0 Å². The van der Waals surface area contributed by atoms with Gasteiger partial charge in [-0.25, -0.2) is 4.79 Å². The van der Waals surface area contributed by atoms with Crippen molar-refractivity contribution in [1.29, 1.82) is 0 Å². The number of hydrogen-bond donors (Lipinski definition) is 10. The summed E-state index contributed by atoms with van der Waals surface area (Å²) >= 11 is -10.4. The molecule has 0 bridgehead atoms. The Morgan fingerprint density at radius 2 is 0.862 bits per heavy atom. The summed E-state index contributed by atoms with van der Waals surface area (Å²) in [7, 11) is -10.1. The molecule has 21 nitrogen and oxygen atoms in total. The third-order valence-electron chi connectivity index (χ3n) is 8.08. The van der Waals surface area contributed by atoms with Crippen LogP contribution >= 0.6 is 0 Å². The molecule has 0 aliphatic carbocycles. The molecule has 2 amide bonds. The Labute approximate surface area is 331 Å². The van der Waals surface area contributed by atoms with E-state index >= 15 is 0 Å². The van der Waals surface area contributed by atoms with Crippen LogP contribution in [0.15, 0.2) is 127 Å². The summed E-state index contributed by atoms with van der Waals surface area (Å²) in [4.78, 5) is 11.3. The second-order valence-electron chi connectivity index (χ2n) is 12.1. The van der Waals surface area contributed by atoms with Crippen molar-refractivity contribution in [3.8, 4) is 11.5 Å². The van der Waals surface area contributed by atoms with Crippen LogP contribution < -0.4 is 19.3 Å². The van der Waals surface area contributed by atoms with E-state index in [0.29, 0.717) is 0 Å². The Kier molecular flexibility index (Phi) is 11.2. The standard InChI is InChI=1S/C33H26As2N6O15S2/c42-31-25-11-9-23(13-17(25)15-27(57(51,52)53)29(31)40-38-21-5-1-19(2-6-21)34(45,46)47)36-33(44)37-24-10-12-26-18(14-24)16-28(58(54,55)56)30(32(26)43)41-39-22-7-3-20(4-8-22)35(48,49)50/h1-16,42-43H,(H2,36,37,44)(H2,45,46,47)(H2,48,49,50)(H,51,52,53)(H,54,55,56). The van der Waals surface area contributed by atoms with E-state index in [4.69, 9.17) is 0 Å². The van der Waals surface area contributed by atoms with E-state index in [1.165, 1.54) is 60.7 Å². The average molecular weight is 961 g/mol. The summed E-state index contributed by atoms with van der Waals surface area (Å²) in [5.74, 6) is -1.43. The minimum atomic E-state index is -5.20. The van der Waals surface area contributed by atoms with Gasteiger partial charge in [-0.3, -0.25) is 0 Å². The number of nitrogens with one attached hydrogen (secondary N) is 2. The number of hydrogen-bond acceptors (Lipinski definition) is 13. The van der Waals surface area contributed by atoms with Crippen molar-refractivity contribution in [2.24, 2.45) is 20.5 Å². The van der Waals surface area contributed by atoms with Gasteiger partial charge in [0.15, 0.2) is 0 Å². The number of carbonyl (C=O) groups is 1. The van der Waals surface area contributed by atoms with Crippen LogP contribution in [0, 0.1) is 0 Å². The third-order valence-corrected chi connectivity index (χ3v) is 13.9. The molecule has 6 rings (SSSR count). The number of aromatic hydroxyl groups is 2. The quantitative estimate of drug-likeness (QED) is 0.0534. The number of carbonyl (C=O) groups excluding carboxylic acids is 1. The summed E-state index contributed by atoms with van der Waals surface area (Å²) in [5, 5.41) is 42.1. The van der Waals surface area contributed by atoms with E-state index in [1.807, 2.05) is 0 Å². The number of anilines is 2. The van der Waals surface area contributed by atoms with Crippen molar-refractivity contribution in [1.82, 2.24) is 0 Å². The molecule has 0 radical (unpaired) electrons. The Morgan fingerprint density at radius 1 is 0.517 bits per heavy atom. The predicted molar refractivity (Wildman–Crippen MR) is 206 cm³/mol. The Hall–Kier alpha value is -5.71. The van der Waals surface area contributed by atoms with Gasteiger partial charge in [0.1, 0.15) is 0 Å². The molecule has 58 heavy (non-hydrogen) atoms. The van der Waals surface area contributed by atoms with Gasteiger partial charge in [-0.2, -0.15) is 0 Å². The van der Waals surface area contributed by atoms with Crippen LogP contribution in [-0.2, 0) is 27.7 Å². The van der Waals surface area contributed by atoms with Crippen molar-refractivity contribution in [3.63, 3.8) is 0 Å². The molecule has 0 saturated heterocycles. The van der Waals surface area contributed by atoms with Crippen molar-refractivity contribution in [2.45, 2.75) is 9.79 Å². The fraction of sp³-hybridized carbons (Fsp3) is 0. The molecule has 300 valence electrons. The summed E-state index contributed by atoms with van der Waals surface area (Å²) < 4.78 is 129. The third kappa shape index (κ3) is 9.35. The van der Waals surface area contributed by atoms with E-state index < -0.39 is 87.3 Å². The molecular weight excluding hydrogens is 934 g/mol. The molecule has 0 aliphatic rings. The number of phenols is 2. The van der Waals surface area contributed by atoms with Crippen molar-refractivity contribution in [3.05, 3.63) is 97.1 Å². The van der Waals surface area contributed by atoms with Crippen LogP contribution in [0.5, 0.6) is 11.5 Å². The van der Waals surface area contributed by atoms with Gasteiger partial charge in [-0.05, 0) is 0 Å². The fourth-order valence-electron chi connectivity index (χ4n) is 5.38. The monoisotopic (exact) mass is 960 g/mol. The van der Waals surface area contributed by atoms with Crippen LogP contribution in [0.1, 0.15) is 0 Å². The Balaban J connectivity index is 1.25. The van der Waals surface area contributed by atoms with Gasteiger partial charge in [-0.1, -0.05) is 0 Å². The van der Waals surface area contributed by atoms with Crippen LogP contribution in [-0.4, -0.2) is 86.9 Å². The molecule has 0 atom stereocenters. The van der Waals surface area contributed by atoms with Gasteiger partial charge in [0.25, 0.3) is 0 Å². The van der Waals surface area contributed by atoms with Crippen molar-refractivity contribution in [2.75, 3.05) is 10.6 Å². The second-order valence-corrected chi connectivity index (χ2v) is 21.6. The number of azo groups is 2. The molecule has 0 aromatic heterocycles. The predicted octanol–water partition coefficient (Wildman–Crippen LogP) is 3.49. The topological polar surface area (TPSA) is 355 Å². The number of fused-ring (bicyclic) bond motifs is 2. The van der Waals surface area contributed by atoms with E-state index in [1.54, 1.807) is 0 Å². The van der Waals surface area contributed by atoms with Gasteiger partial charge >= 0.3 is 318 Å². The maximum absolute atomic E-state index is 13.0. The number of nitrogens with zero attached hydrogens (tertiary/aromatic N) is 4. The zero-order valence-electron chi connectivity index (χ0n) is 28.7. The van der Waals surface area contributed by atoms with Gasteiger partial charge < -0.3 is 10.6 Å². The summed E-state index contributed by atoms with van der Waals surface area (Å²) in [6, 6.07) is 18.0. The van der Waals surface area contributed by atoms with Crippen LogP contribution in [0.3, 0.4) is 0 Å². The zero-order chi connectivity index (χ0) is 42.4. The van der Waals surface area contributed by atoms with Crippen molar-refractivity contribution >= 4 is 119 Å². The number of rotatable bonds is 10. The Morgan fingerprint density at radius 3 is 1.17 bits per heavy atom. The maximum atomic E-state index is 13.0. The SMILES string of the molecule is O=C(Nc1ccc2c(O)c(N=Nc3ccc([As](=O)(O)O)cc3)c(S(=O)(=O)O)cc2c1)Nc1ccc2c(O)c(N=Nc3ccc([As](=O)(O)O)cc3)c(S(=O)(=O)O)cc2c1. The Bertz CT molecular complexity index is 2840. The number of phenolic OH excluding ortho intramolecular Hbond substituents is 2. The number of urea groups is 1. The summed E-state index contributed by atoms with van der Waals surface area (Å²) in [6.07, 6.45) is 0. The normalized spacial score (nSPS) is 12.8. The zero-order valence-corrected chi connectivity index (χ0v) is 34.1. The molecule has 10 N–H and O–H groups in total. The van der Waals surface area contributed by atoms with E-state index in [2.05, 4.69) is 31.1 Å². The molecule has 6 aromatic carbocycles. The van der Waals surface area contributed by atoms with Gasteiger partial charge in [0.2, 0.25) is 0 Å². The molecule has 0 spiro atoms. The number of amides is 2. The summed E-state index contributed by atoms with van der Waals surface area (Å²) in [5.41, 5.74) is -1.12.